The van der Waals surface area contributed by atoms with Crippen molar-refractivity contribution < 1.29 is 4.74 Å². The van der Waals surface area contributed by atoms with Gasteiger partial charge in [-0.05, 0) is 24.6 Å². The van der Waals surface area contributed by atoms with Crippen LogP contribution in [0.4, 0.5) is 0 Å². The molecule has 0 saturated heterocycles. The van der Waals surface area contributed by atoms with Crippen molar-refractivity contribution in [3.8, 4) is 17.1 Å². The zero-order valence-corrected chi connectivity index (χ0v) is 9.97. The molecule has 0 spiro atoms. The van der Waals surface area contributed by atoms with E-state index < -0.39 is 0 Å². The minimum absolute atomic E-state index is 0.413. The van der Waals surface area contributed by atoms with Gasteiger partial charge in [0.1, 0.15) is 5.75 Å². The summed E-state index contributed by atoms with van der Waals surface area (Å²) in [4.78, 5) is 8.77. The van der Waals surface area contributed by atoms with Gasteiger partial charge in [0.2, 0.25) is 0 Å². The molecule has 0 unspecified atom stereocenters. The van der Waals surface area contributed by atoms with Crippen LogP contribution >= 0.6 is 0 Å². The Morgan fingerprint density at radius 2 is 2.06 bits per heavy atom. The first-order valence-electron chi connectivity index (χ1n) is 5.42. The van der Waals surface area contributed by atoms with E-state index >= 15 is 0 Å². The molecule has 0 bridgehead atoms. The average molecular weight is 229 g/mol. The molecule has 0 aliphatic carbocycles. The molecule has 0 aliphatic heterocycles. The second-order valence-corrected chi connectivity index (χ2v) is 3.73. The number of hydrogen-bond donors (Lipinski definition) is 1. The molecule has 0 atom stereocenters. The van der Waals surface area contributed by atoms with E-state index in [4.69, 9.17) is 10.5 Å². The van der Waals surface area contributed by atoms with Crippen molar-refractivity contribution in [2.45, 2.75) is 13.5 Å². The molecule has 4 heteroatoms. The molecule has 0 amide bonds. The number of para-hydroxylation sites is 1. The molecule has 0 saturated carbocycles. The third-order valence-corrected chi connectivity index (χ3v) is 2.62. The summed E-state index contributed by atoms with van der Waals surface area (Å²) in [6.07, 6.45) is 1.79. The fourth-order valence-electron chi connectivity index (χ4n) is 1.64. The SMILES string of the molecule is COc1ccccc1-c1ncc(C)c(CN)n1. The number of nitrogens with two attached hydrogens (primary N) is 1. The van der Waals surface area contributed by atoms with Gasteiger partial charge in [0, 0.05) is 12.7 Å². The highest BCUT2D eigenvalue weighted by Crippen LogP contribution is 2.26. The van der Waals surface area contributed by atoms with E-state index in [2.05, 4.69) is 9.97 Å². The maximum absolute atomic E-state index is 5.65. The maximum atomic E-state index is 5.65. The Hall–Kier alpha value is -1.94. The van der Waals surface area contributed by atoms with Crippen LogP contribution in [0.2, 0.25) is 0 Å². The van der Waals surface area contributed by atoms with E-state index in [1.54, 1.807) is 13.3 Å². The number of ether oxygens (including phenoxy) is 1. The molecule has 2 N–H and O–H groups in total. The van der Waals surface area contributed by atoms with E-state index in [0.29, 0.717) is 12.4 Å². The number of aromatic nitrogens is 2. The Balaban J connectivity index is 2.53. The third kappa shape index (κ3) is 2.26. The smallest absolute Gasteiger partial charge is 0.163 e. The van der Waals surface area contributed by atoms with Crippen LogP contribution in [0.1, 0.15) is 11.3 Å². The molecule has 88 valence electrons. The molecule has 0 radical (unpaired) electrons. The predicted molar refractivity (Wildman–Crippen MR) is 66.6 cm³/mol. The minimum Gasteiger partial charge on any atom is -0.496 e. The van der Waals surface area contributed by atoms with Gasteiger partial charge in [0.25, 0.3) is 0 Å². The van der Waals surface area contributed by atoms with Crippen LogP contribution in [0.3, 0.4) is 0 Å². The van der Waals surface area contributed by atoms with Crippen LogP contribution in [-0.4, -0.2) is 17.1 Å². The molecule has 1 aromatic carbocycles. The molecular formula is C13H15N3O. The third-order valence-electron chi connectivity index (χ3n) is 2.62. The van der Waals surface area contributed by atoms with Crippen molar-refractivity contribution >= 4 is 0 Å². The number of methoxy groups -OCH3 is 1. The summed E-state index contributed by atoms with van der Waals surface area (Å²) in [5, 5.41) is 0. The summed E-state index contributed by atoms with van der Waals surface area (Å²) in [6.45, 7) is 2.37. The Morgan fingerprint density at radius 3 is 2.76 bits per heavy atom. The first-order valence-corrected chi connectivity index (χ1v) is 5.42. The van der Waals surface area contributed by atoms with Crippen molar-refractivity contribution in [1.82, 2.24) is 9.97 Å². The van der Waals surface area contributed by atoms with Crippen LogP contribution in [0.5, 0.6) is 5.75 Å². The second kappa shape index (κ2) is 4.93. The summed E-state index contributed by atoms with van der Waals surface area (Å²) in [5.74, 6) is 1.41. The van der Waals surface area contributed by atoms with Gasteiger partial charge in [-0.3, -0.25) is 0 Å². The maximum Gasteiger partial charge on any atom is 0.163 e. The highest BCUT2D eigenvalue weighted by Gasteiger charge is 2.09. The number of hydrogen-bond acceptors (Lipinski definition) is 4. The molecule has 0 fully saturated rings. The fraction of sp³-hybridized carbons (Fsp3) is 0.231. The van der Waals surface area contributed by atoms with Crippen molar-refractivity contribution in [2.75, 3.05) is 7.11 Å². The topological polar surface area (TPSA) is 61.0 Å². The fourth-order valence-corrected chi connectivity index (χ4v) is 1.64. The summed E-state index contributed by atoms with van der Waals surface area (Å²) in [7, 11) is 1.64. The highest BCUT2D eigenvalue weighted by molar-refractivity contribution is 5.64. The van der Waals surface area contributed by atoms with E-state index in [0.717, 1.165) is 22.6 Å². The van der Waals surface area contributed by atoms with Crippen LogP contribution < -0.4 is 10.5 Å². The standard InChI is InChI=1S/C13H15N3O/c1-9-8-15-13(16-11(9)7-14)10-5-3-4-6-12(10)17-2/h3-6,8H,7,14H2,1-2H3. The largest absolute Gasteiger partial charge is 0.496 e. The number of rotatable bonds is 3. The second-order valence-electron chi connectivity index (χ2n) is 3.73. The molecule has 1 heterocycles. The van der Waals surface area contributed by atoms with Crippen molar-refractivity contribution in [3.05, 3.63) is 41.7 Å². The van der Waals surface area contributed by atoms with Crippen LogP contribution in [0.15, 0.2) is 30.5 Å². The predicted octanol–water partition coefficient (Wildman–Crippen LogP) is 1.92. The quantitative estimate of drug-likeness (QED) is 0.873. The van der Waals surface area contributed by atoms with Crippen molar-refractivity contribution in [1.29, 1.82) is 0 Å². The molecular weight excluding hydrogens is 214 g/mol. The molecule has 0 aliphatic rings. The summed E-state index contributed by atoms with van der Waals surface area (Å²) < 4.78 is 5.29. The highest BCUT2D eigenvalue weighted by atomic mass is 16.5. The summed E-state index contributed by atoms with van der Waals surface area (Å²) >= 11 is 0. The van der Waals surface area contributed by atoms with E-state index in [9.17, 15) is 0 Å². The first kappa shape index (κ1) is 11.5. The normalized spacial score (nSPS) is 10.3. The van der Waals surface area contributed by atoms with Gasteiger partial charge in [-0.2, -0.15) is 0 Å². The van der Waals surface area contributed by atoms with Gasteiger partial charge in [0.15, 0.2) is 5.82 Å². The van der Waals surface area contributed by atoms with Crippen LogP contribution in [-0.2, 0) is 6.54 Å². The molecule has 17 heavy (non-hydrogen) atoms. The lowest BCUT2D eigenvalue weighted by Crippen LogP contribution is -2.05. The van der Waals surface area contributed by atoms with Gasteiger partial charge >= 0.3 is 0 Å². The summed E-state index contributed by atoms with van der Waals surface area (Å²) in [5.41, 5.74) is 8.39. The van der Waals surface area contributed by atoms with E-state index in [1.807, 2.05) is 31.2 Å². The van der Waals surface area contributed by atoms with Crippen molar-refractivity contribution in [2.24, 2.45) is 5.73 Å². The molecule has 2 aromatic rings. The molecule has 1 aromatic heterocycles. The van der Waals surface area contributed by atoms with Crippen molar-refractivity contribution in [3.63, 3.8) is 0 Å². The molecule has 2 rings (SSSR count). The monoisotopic (exact) mass is 229 g/mol. The van der Waals surface area contributed by atoms with E-state index in [1.165, 1.54) is 0 Å². The van der Waals surface area contributed by atoms with Gasteiger partial charge in [-0.15, -0.1) is 0 Å². The average Bonchev–Trinajstić information content (AvgIpc) is 2.39. The Bertz CT molecular complexity index is 526. The van der Waals surface area contributed by atoms with Crippen LogP contribution in [0.25, 0.3) is 11.4 Å². The first-order chi connectivity index (χ1) is 8.26. The van der Waals surface area contributed by atoms with Crippen LogP contribution in [0, 0.1) is 6.92 Å². The number of nitrogens with zero attached hydrogens (tertiary/aromatic N) is 2. The summed E-state index contributed by atoms with van der Waals surface area (Å²) in [6, 6.07) is 7.67. The zero-order valence-electron chi connectivity index (χ0n) is 9.97. The zero-order chi connectivity index (χ0) is 12.3. The van der Waals surface area contributed by atoms with Gasteiger partial charge in [-0.25, -0.2) is 9.97 Å². The lowest BCUT2D eigenvalue weighted by Gasteiger charge is -2.08. The number of benzene rings is 1. The van der Waals surface area contributed by atoms with Gasteiger partial charge in [-0.1, -0.05) is 12.1 Å². The number of aryl methyl sites for hydroxylation is 1. The minimum atomic E-state index is 0.413. The van der Waals surface area contributed by atoms with Gasteiger partial charge < -0.3 is 10.5 Å². The van der Waals surface area contributed by atoms with Gasteiger partial charge in [0.05, 0.1) is 18.4 Å². The Kier molecular flexibility index (Phi) is 3.35. The Morgan fingerprint density at radius 1 is 1.29 bits per heavy atom. The Labute approximate surface area is 100 Å². The lowest BCUT2D eigenvalue weighted by molar-refractivity contribution is 0.416. The molecule has 4 nitrogen and oxygen atoms in total. The van der Waals surface area contributed by atoms with E-state index in [-0.39, 0.29) is 0 Å². The lowest BCUT2D eigenvalue weighted by atomic mass is 10.1.